The fourth-order valence-corrected chi connectivity index (χ4v) is 3.93. The summed E-state index contributed by atoms with van der Waals surface area (Å²) >= 11 is 0. The van der Waals surface area contributed by atoms with E-state index in [4.69, 9.17) is 18.9 Å². The summed E-state index contributed by atoms with van der Waals surface area (Å²) in [5.41, 5.74) is 0. The molecule has 230 valence electrons. The Morgan fingerprint density at radius 1 is 0.825 bits per heavy atom. The molecule has 1 rings (SSSR count). The second-order valence-electron chi connectivity index (χ2n) is 9.82. The van der Waals surface area contributed by atoms with Crippen LogP contribution in [0.1, 0.15) is 78.1 Å². The summed E-state index contributed by atoms with van der Waals surface area (Å²) < 4.78 is 22.1. The lowest BCUT2D eigenvalue weighted by atomic mass is 9.99. The second kappa shape index (κ2) is 23.8. The Labute approximate surface area is 240 Å². The average Bonchev–Trinajstić information content (AvgIpc) is 2.94. The molecule has 0 spiro atoms. The first-order valence-corrected chi connectivity index (χ1v) is 14.7. The molecule has 0 aromatic carbocycles. The first-order chi connectivity index (χ1) is 19.4. The molecule has 9 nitrogen and oxygen atoms in total. The van der Waals surface area contributed by atoms with E-state index >= 15 is 0 Å². The summed E-state index contributed by atoms with van der Waals surface area (Å²) in [7, 11) is 0. The van der Waals surface area contributed by atoms with E-state index in [-0.39, 0.29) is 25.6 Å². The number of esters is 1. The van der Waals surface area contributed by atoms with Crippen molar-refractivity contribution in [1.29, 1.82) is 0 Å². The normalized spacial score (nSPS) is 24.6. The summed E-state index contributed by atoms with van der Waals surface area (Å²) in [6.45, 7) is 3.95. The molecule has 0 aliphatic carbocycles. The maximum atomic E-state index is 12.0. The monoisotopic (exact) mass is 568 g/mol. The molecule has 6 unspecified atom stereocenters. The van der Waals surface area contributed by atoms with Gasteiger partial charge in [0.05, 0.1) is 19.8 Å². The van der Waals surface area contributed by atoms with E-state index in [1.54, 1.807) is 0 Å². The number of ether oxygens (including phenoxy) is 4. The lowest BCUT2D eigenvalue weighted by Gasteiger charge is -2.39. The molecule has 0 amide bonds. The van der Waals surface area contributed by atoms with Crippen molar-refractivity contribution >= 4 is 5.97 Å². The van der Waals surface area contributed by atoms with Gasteiger partial charge in [0.25, 0.3) is 0 Å². The predicted octanol–water partition coefficient (Wildman–Crippen LogP) is 3.90. The summed E-state index contributed by atoms with van der Waals surface area (Å²) in [5, 5.41) is 39.3. The molecule has 0 aromatic rings. The van der Waals surface area contributed by atoms with Gasteiger partial charge >= 0.3 is 5.97 Å². The van der Waals surface area contributed by atoms with Crippen LogP contribution < -0.4 is 0 Å². The molecule has 0 aromatic heterocycles. The van der Waals surface area contributed by atoms with Crippen LogP contribution in [0.3, 0.4) is 0 Å². The van der Waals surface area contributed by atoms with E-state index in [1.807, 2.05) is 6.92 Å². The number of carbonyl (C=O) groups is 1. The topological polar surface area (TPSA) is 135 Å². The number of hydrogen-bond donors (Lipinski definition) is 4. The van der Waals surface area contributed by atoms with E-state index in [1.165, 1.54) is 0 Å². The van der Waals surface area contributed by atoms with Crippen LogP contribution in [-0.4, -0.2) is 89.6 Å². The SMILES string of the molecule is CC/C=C\C/C=C\C/C=C\C/C=C\CCCCCOCC(COC1OC(CO)C(O)C(O)C1O)OC(=O)CCC. The van der Waals surface area contributed by atoms with Crippen LogP contribution in [0.4, 0.5) is 0 Å². The van der Waals surface area contributed by atoms with Crippen molar-refractivity contribution in [2.75, 3.05) is 26.4 Å². The molecule has 0 saturated carbocycles. The highest BCUT2D eigenvalue weighted by Gasteiger charge is 2.44. The van der Waals surface area contributed by atoms with Gasteiger partial charge < -0.3 is 39.4 Å². The summed E-state index contributed by atoms with van der Waals surface area (Å²) in [5.74, 6) is -0.383. The Morgan fingerprint density at radius 3 is 2.10 bits per heavy atom. The second-order valence-corrected chi connectivity index (χ2v) is 9.82. The van der Waals surface area contributed by atoms with Gasteiger partial charge in [0.1, 0.15) is 30.5 Å². The minimum absolute atomic E-state index is 0.115. The lowest BCUT2D eigenvalue weighted by Crippen LogP contribution is -2.59. The summed E-state index contributed by atoms with van der Waals surface area (Å²) in [6, 6.07) is 0. The summed E-state index contributed by atoms with van der Waals surface area (Å²) in [4.78, 5) is 12.0. The van der Waals surface area contributed by atoms with E-state index in [9.17, 15) is 25.2 Å². The molecule has 1 aliphatic rings. The molecule has 1 aliphatic heterocycles. The van der Waals surface area contributed by atoms with E-state index in [0.717, 1.165) is 51.4 Å². The van der Waals surface area contributed by atoms with Gasteiger partial charge in [0, 0.05) is 13.0 Å². The van der Waals surface area contributed by atoms with Crippen LogP contribution in [0.5, 0.6) is 0 Å². The van der Waals surface area contributed by atoms with Gasteiger partial charge in [0.15, 0.2) is 6.29 Å². The van der Waals surface area contributed by atoms with Crippen molar-refractivity contribution < 1.29 is 44.2 Å². The van der Waals surface area contributed by atoms with Crippen molar-refractivity contribution in [3.05, 3.63) is 48.6 Å². The predicted molar refractivity (Wildman–Crippen MR) is 154 cm³/mol. The Hall–Kier alpha value is -1.85. The maximum Gasteiger partial charge on any atom is 0.306 e. The first-order valence-electron chi connectivity index (χ1n) is 14.7. The summed E-state index contributed by atoms with van der Waals surface area (Å²) in [6.07, 6.45) is 18.7. The van der Waals surface area contributed by atoms with Crippen LogP contribution in [0.25, 0.3) is 0 Å². The van der Waals surface area contributed by atoms with Gasteiger partial charge in [-0.1, -0.05) is 68.9 Å². The third kappa shape index (κ3) is 16.4. The average molecular weight is 569 g/mol. The number of aliphatic hydroxyl groups is 4. The third-order valence-electron chi connectivity index (χ3n) is 6.23. The Kier molecular flexibility index (Phi) is 21.5. The van der Waals surface area contributed by atoms with E-state index in [0.29, 0.717) is 13.0 Å². The number of hydrogen-bond acceptors (Lipinski definition) is 9. The molecule has 9 heteroatoms. The fraction of sp³-hybridized carbons (Fsp3) is 0.710. The molecule has 0 bridgehead atoms. The fourth-order valence-electron chi connectivity index (χ4n) is 3.93. The van der Waals surface area contributed by atoms with Crippen LogP contribution in [-0.2, 0) is 23.7 Å². The van der Waals surface area contributed by atoms with Crippen molar-refractivity contribution in [1.82, 2.24) is 0 Å². The van der Waals surface area contributed by atoms with Crippen LogP contribution in [0.15, 0.2) is 48.6 Å². The molecule has 6 atom stereocenters. The Morgan fingerprint density at radius 2 is 1.48 bits per heavy atom. The number of unbranched alkanes of at least 4 members (excludes halogenated alkanes) is 3. The van der Waals surface area contributed by atoms with E-state index in [2.05, 4.69) is 55.5 Å². The standard InChI is InChI=1S/C31H52O9/c1-3-5-6-7-8-9-10-11-12-13-14-15-16-17-18-19-21-37-23-25(39-27(33)20-4-2)24-38-31-30(36)29(35)28(34)26(22-32)40-31/h5-6,8-9,11-12,14-15,25-26,28-32,34-36H,3-4,7,10,13,16-24H2,1-2H3/b6-5-,9-8-,12-11-,15-14-. The highest BCUT2D eigenvalue weighted by molar-refractivity contribution is 5.69. The number of carbonyl (C=O) groups excluding carboxylic acids is 1. The zero-order valence-corrected chi connectivity index (χ0v) is 24.3. The van der Waals surface area contributed by atoms with Gasteiger partial charge in [-0.15, -0.1) is 0 Å². The molecule has 40 heavy (non-hydrogen) atoms. The molecule has 1 heterocycles. The molecule has 1 fully saturated rings. The highest BCUT2D eigenvalue weighted by Crippen LogP contribution is 2.22. The quantitative estimate of drug-likeness (QED) is 0.0871. The Bertz CT molecular complexity index is 747. The van der Waals surface area contributed by atoms with Crippen molar-refractivity contribution in [3.8, 4) is 0 Å². The maximum absolute atomic E-state index is 12.0. The van der Waals surface area contributed by atoms with E-state index < -0.39 is 43.4 Å². The number of rotatable bonds is 22. The van der Waals surface area contributed by atoms with Crippen LogP contribution in [0.2, 0.25) is 0 Å². The third-order valence-corrected chi connectivity index (χ3v) is 6.23. The van der Waals surface area contributed by atoms with Gasteiger partial charge in [-0.2, -0.15) is 0 Å². The number of allylic oxidation sites excluding steroid dienone is 8. The largest absolute Gasteiger partial charge is 0.457 e. The zero-order valence-electron chi connectivity index (χ0n) is 24.3. The van der Waals surface area contributed by atoms with Gasteiger partial charge in [-0.3, -0.25) is 4.79 Å². The van der Waals surface area contributed by atoms with Crippen molar-refractivity contribution in [2.45, 2.75) is 115 Å². The number of aliphatic hydroxyl groups excluding tert-OH is 4. The lowest BCUT2D eigenvalue weighted by molar-refractivity contribution is -0.305. The molecular weight excluding hydrogens is 516 g/mol. The zero-order chi connectivity index (χ0) is 29.4. The highest BCUT2D eigenvalue weighted by atomic mass is 16.7. The van der Waals surface area contributed by atoms with Gasteiger partial charge in [0.2, 0.25) is 0 Å². The van der Waals surface area contributed by atoms with Crippen LogP contribution >= 0.6 is 0 Å². The minimum Gasteiger partial charge on any atom is -0.457 e. The molecule has 1 saturated heterocycles. The van der Waals surface area contributed by atoms with Crippen molar-refractivity contribution in [3.63, 3.8) is 0 Å². The van der Waals surface area contributed by atoms with Crippen molar-refractivity contribution in [2.24, 2.45) is 0 Å². The smallest absolute Gasteiger partial charge is 0.306 e. The first kappa shape index (κ1) is 36.2. The Balaban J connectivity index is 2.25. The molecule has 4 N–H and O–H groups in total. The minimum atomic E-state index is -1.54. The molecular formula is C31H52O9. The van der Waals surface area contributed by atoms with Gasteiger partial charge in [-0.05, 0) is 51.4 Å². The van der Waals surface area contributed by atoms with Crippen LogP contribution in [0, 0.1) is 0 Å². The van der Waals surface area contributed by atoms with Gasteiger partial charge in [-0.25, -0.2) is 0 Å². The molecule has 0 radical (unpaired) electrons.